The molecule has 8 nitrogen and oxygen atoms in total. The molecule has 0 aromatic heterocycles. The molecule has 0 fully saturated rings. The third-order valence-corrected chi connectivity index (χ3v) is 12.9. The summed E-state index contributed by atoms with van der Waals surface area (Å²) in [7, 11) is 1.26. The lowest BCUT2D eigenvalue weighted by molar-refractivity contribution is -0.870. The van der Waals surface area contributed by atoms with E-state index in [-0.39, 0.29) is 25.5 Å². The van der Waals surface area contributed by atoms with E-state index >= 15 is 0 Å². The Balaban J connectivity index is 4.34. The Morgan fingerprint density at radius 2 is 0.896 bits per heavy atom. The highest BCUT2D eigenvalue weighted by atomic mass is 31.2. The van der Waals surface area contributed by atoms with E-state index in [1.54, 1.807) is 0 Å². The molecule has 0 saturated heterocycles. The van der Waals surface area contributed by atoms with E-state index in [9.17, 15) is 19.4 Å². The van der Waals surface area contributed by atoms with Crippen LogP contribution in [0.15, 0.2) is 85.1 Å². The number of phosphoric ester groups is 1. The van der Waals surface area contributed by atoms with Crippen molar-refractivity contribution < 1.29 is 32.9 Å². The van der Waals surface area contributed by atoms with Gasteiger partial charge in [-0.3, -0.25) is 9.36 Å². The van der Waals surface area contributed by atoms with Gasteiger partial charge in [0.2, 0.25) is 5.91 Å². The first-order chi connectivity index (χ1) is 32.5. The quantitative estimate of drug-likeness (QED) is 0.0272. The normalized spacial score (nSPS) is 14.7. The van der Waals surface area contributed by atoms with Gasteiger partial charge in [-0.25, -0.2) is 0 Å². The predicted molar refractivity (Wildman–Crippen MR) is 288 cm³/mol. The van der Waals surface area contributed by atoms with Crippen LogP contribution >= 0.6 is 7.82 Å². The standard InChI is InChI=1S/C58H105N2O6P/c1-6-8-10-12-14-16-18-20-22-24-26-28-30-32-34-36-38-40-42-44-46-48-50-52-58(62)59-56(55-66-67(63,64)65-54-53-60(3,4)5)57(61)51-49-47-45-43-41-39-37-35-33-31-29-27-25-23-21-19-17-15-13-11-9-7-2/h8,10,14,16,20,22,26,28,32,34,38,40,44,46,56-57,61H,6-7,9,11-13,15,17-19,21,23-25,27,29-31,33,35-37,39,41-43,45,47-55H2,1-5H3,(H-,59,62,63,64)/b10-8-,16-14-,22-20-,28-26-,34-32-,40-38-,46-44-. The van der Waals surface area contributed by atoms with E-state index in [1.807, 2.05) is 21.1 Å². The Kier molecular flexibility index (Phi) is 47.0. The lowest BCUT2D eigenvalue weighted by Crippen LogP contribution is -2.46. The lowest BCUT2D eigenvalue weighted by atomic mass is 10.0. The molecule has 9 heteroatoms. The SMILES string of the molecule is CC/C=C\C/C=C\C/C=C\C/C=C\C/C=C\C/C=C\C/C=C\CCCC(=O)NC(COP(=O)([O-])OCC[N+](C)(C)C)C(O)CCCCCCCCCCCCCCCCCCCCCCCC. The van der Waals surface area contributed by atoms with Crippen LogP contribution in [0, 0.1) is 0 Å². The van der Waals surface area contributed by atoms with Crippen LogP contribution in [0.3, 0.4) is 0 Å². The molecule has 1 amide bonds. The molecular weight excluding hydrogens is 852 g/mol. The van der Waals surface area contributed by atoms with Gasteiger partial charge in [-0.2, -0.15) is 0 Å². The maximum atomic E-state index is 12.9. The number of hydrogen-bond acceptors (Lipinski definition) is 6. The Bertz CT molecular complexity index is 1360. The first kappa shape index (κ1) is 64.7. The van der Waals surface area contributed by atoms with Crippen LogP contribution in [0.25, 0.3) is 0 Å². The molecule has 0 heterocycles. The van der Waals surface area contributed by atoms with Crippen molar-refractivity contribution in [2.45, 2.75) is 238 Å². The largest absolute Gasteiger partial charge is 0.756 e. The predicted octanol–water partition coefficient (Wildman–Crippen LogP) is 15.8. The Morgan fingerprint density at radius 3 is 1.27 bits per heavy atom. The molecule has 0 rings (SSSR count). The number of nitrogens with one attached hydrogen (secondary N) is 1. The smallest absolute Gasteiger partial charge is 0.268 e. The molecule has 3 atom stereocenters. The highest BCUT2D eigenvalue weighted by molar-refractivity contribution is 7.45. The van der Waals surface area contributed by atoms with Crippen molar-refractivity contribution >= 4 is 13.7 Å². The molecule has 0 aliphatic rings. The second kappa shape index (κ2) is 48.7. The molecule has 0 aliphatic heterocycles. The highest BCUT2D eigenvalue weighted by Crippen LogP contribution is 2.38. The number of hydrogen-bond donors (Lipinski definition) is 2. The van der Waals surface area contributed by atoms with E-state index in [2.05, 4.69) is 104 Å². The van der Waals surface area contributed by atoms with Gasteiger partial charge in [-0.05, 0) is 64.2 Å². The summed E-state index contributed by atoms with van der Waals surface area (Å²) in [6.07, 6.45) is 67.6. The zero-order valence-electron chi connectivity index (χ0n) is 44.1. The van der Waals surface area contributed by atoms with Crippen LogP contribution in [0.4, 0.5) is 0 Å². The number of likely N-dealkylation sites (N-methyl/N-ethyl adjacent to an activating group) is 1. The summed E-state index contributed by atoms with van der Waals surface area (Å²) in [5, 5.41) is 14.0. The minimum atomic E-state index is -4.59. The number of aliphatic hydroxyl groups is 1. The third-order valence-electron chi connectivity index (χ3n) is 11.9. The maximum Gasteiger partial charge on any atom is 0.268 e. The van der Waals surface area contributed by atoms with Gasteiger partial charge in [0.25, 0.3) is 7.82 Å². The summed E-state index contributed by atoms with van der Waals surface area (Å²) in [5.74, 6) is -0.223. The summed E-state index contributed by atoms with van der Waals surface area (Å²) < 4.78 is 23.4. The Labute approximate surface area is 414 Å². The molecule has 0 saturated carbocycles. The van der Waals surface area contributed by atoms with E-state index in [0.29, 0.717) is 23.9 Å². The maximum absolute atomic E-state index is 12.9. The minimum absolute atomic E-state index is 0.00303. The van der Waals surface area contributed by atoms with Crippen molar-refractivity contribution in [2.24, 2.45) is 0 Å². The van der Waals surface area contributed by atoms with Crippen LogP contribution in [-0.4, -0.2) is 68.5 Å². The van der Waals surface area contributed by atoms with Crippen LogP contribution < -0.4 is 10.2 Å². The number of unbranched alkanes of at least 4 members (excludes halogenated alkanes) is 22. The first-order valence-corrected chi connectivity index (χ1v) is 28.9. The Hall–Kier alpha value is -2.32. The van der Waals surface area contributed by atoms with Crippen LogP contribution in [0.5, 0.6) is 0 Å². The Morgan fingerprint density at radius 1 is 0.537 bits per heavy atom. The monoisotopic (exact) mass is 957 g/mol. The minimum Gasteiger partial charge on any atom is -0.756 e. The number of allylic oxidation sites excluding steroid dienone is 14. The number of carbonyl (C=O) groups is 1. The van der Waals surface area contributed by atoms with Crippen molar-refractivity contribution in [3.63, 3.8) is 0 Å². The average molecular weight is 957 g/mol. The zero-order valence-corrected chi connectivity index (χ0v) is 45.0. The number of amides is 1. The van der Waals surface area contributed by atoms with Gasteiger partial charge in [0.15, 0.2) is 0 Å². The van der Waals surface area contributed by atoms with E-state index in [4.69, 9.17) is 9.05 Å². The van der Waals surface area contributed by atoms with Gasteiger partial charge >= 0.3 is 0 Å². The second-order valence-electron chi connectivity index (χ2n) is 19.6. The molecule has 67 heavy (non-hydrogen) atoms. The fourth-order valence-electron chi connectivity index (χ4n) is 7.62. The van der Waals surface area contributed by atoms with Crippen LogP contribution in [-0.2, 0) is 18.4 Å². The molecule has 0 aromatic carbocycles. The summed E-state index contributed by atoms with van der Waals surface area (Å²) in [6.45, 7) is 4.57. The fourth-order valence-corrected chi connectivity index (χ4v) is 8.34. The first-order valence-electron chi connectivity index (χ1n) is 27.4. The number of carbonyl (C=O) groups excluding carboxylic acids is 1. The molecule has 388 valence electrons. The zero-order chi connectivity index (χ0) is 49.2. The van der Waals surface area contributed by atoms with Gasteiger partial charge in [0, 0.05) is 6.42 Å². The van der Waals surface area contributed by atoms with Gasteiger partial charge < -0.3 is 28.8 Å². The van der Waals surface area contributed by atoms with Crippen molar-refractivity contribution in [1.29, 1.82) is 0 Å². The summed E-state index contributed by atoms with van der Waals surface area (Å²) in [5.41, 5.74) is 0. The topological polar surface area (TPSA) is 108 Å². The van der Waals surface area contributed by atoms with Gasteiger partial charge in [0.05, 0.1) is 39.9 Å². The van der Waals surface area contributed by atoms with Crippen molar-refractivity contribution in [3.8, 4) is 0 Å². The molecule has 0 bridgehead atoms. The van der Waals surface area contributed by atoms with Crippen LogP contribution in [0.1, 0.15) is 226 Å². The van der Waals surface area contributed by atoms with Crippen LogP contribution in [0.2, 0.25) is 0 Å². The van der Waals surface area contributed by atoms with Crippen molar-refractivity contribution in [2.75, 3.05) is 40.9 Å². The van der Waals surface area contributed by atoms with Crippen molar-refractivity contribution in [1.82, 2.24) is 5.32 Å². The molecule has 0 spiro atoms. The van der Waals surface area contributed by atoms with Gasteiger partial charge in [0.1, 0.15) is 13.2 Å². The number of rotatable bonds is 49. The molecule has 0 radical (unpaired) electrons. The highest BCUT2D eigenvalue weighted by Gasteiger charge is 2.24. The van der Waals surface area contributed by atoms with Crippen molar-refractivity contribution in [3.05, 3.63) is 85.1 Å². The van der Waals surface area contributed by atoms with Gasteiger partial charge in [-0.1, -0.05) is 240 Å². The average Bonchev–Trinajstić information content (AvgIpc) is 3.29. The number of aliphatic hydroxyl groups excluding tert-OH is 1. The molecule has 0 aromatic rings. The second-order valence-corrected chi connectivity index (χ2v) is 21.0. The molecule has 0 aliphatic carbocycles. The molecule has 2 N–H and O–H groups in total. The number of nitrogens with zero attached hydrogens (tertiary/aromatic N) is 1. The summed E-state index contributed by atoms with van der Waals surface area (Å²) >= 11 is 0. The van der Waals surface area contributed by atoms with E-state index in [1.165, 1.54) is 122 Å². The number of phosphoric acid groups is 1. The third kappa shape index (κ3) is 51.4. The molecule has 3 unspecified atom stereocenters. The summed E-state index contributed by atoms with van der Waals surface area (Å²) in [4.78, 5) is 25.5. The van der Waals surface area contributed by atoms with Gasteiger partial charge in [-0.15, -0.1) is 0 Å². The summed E-state index contributed by atoms with van der Waals surface area (Å²) in [6, 6.07) is -0.838. The lowest BCUT2D eigenvalue weighted by Gasteiger charge is -2.30. The fraction of sp³-hybridized carbons (Fsp3) is 0.741. The van der Waals surface area contributed by atoms with E-state index < -0.39 is 20.0 Å². The number of quaternary nitrogens is 1. The molecular formula is C58H105N2O6P. The van der Waals surface area contributed by atoms with E-state index in [0.717, 1.165) is 70.6 Å².